The zero-order chi connectivity index (χ0) is 13.4. The van der Waals surface area contributed by atoms with Gasteiger partial charge in [-0.25, -0.2) is 0 Å². The fourth-order valence-corrected chi connectivity index (χ4v) is 2.77. The fourth-order valence-electron chi connectivity index (χ4n) is 2.77. The average Bonchev–Trinajstić information content (AvgIpc) is 3.17. The maximum atomic E-state index is 4.69. The van der Waals surface area contributed by atoms with Gasteiger partial charge < -0.3 is 10.3 Å². The SMILES string of the molecule is c1c[nH]c(-c2ccc3nnc(C4CCNCC4)n3n2)c1. The van der Waals surface area contributed by atoms with E-state index < -0.39 is 0 Å². The Morgan fingerprint density at radius 1 is 1.10 bits per heavy atom. The first-order valence-electron chi connectivity index (χ1n) is 6.99. The molecule has 1 fully saturated rings. The van der Waals surface area contributed by atoms with Crippen LogP contribution >= 0.6 is 0 Å². The summed E-state index contributed by atoms with van der Waals surface area (Å²) in [5.74, 6) is 1.42. The van der Waals surface area contributed by atoms with Crippen LogP contribution in [0.3, 0.4) is 0 Å². The molecule has 4 rings (SSSR count). The van der Waals surface area contributed by atoms with Crippen LogP contribution in [0, 0.1) is 0 Å². The van der Waals surface area contributed by atoms with Crippen molar-refractivity contribution in [2.45, 2.75) is 18.8 Å². The molecule has 0 aromatic carbocycles. The van der Waals surface area contributed by atoms with Gasteiger partial charge in [-0.2, -0.15) is 9.61 Å². The lowest BCUT2D eigenvalue weighted by molar-refractivity contribution is 0.439. The number of fused-ring (bicyclic) bond motifs is 1. The zero-order valence-corrected chi connectivity index (χ0v) is 11.1. The van der Waals surface area contributed by atoms with E-state index in [0.717, 1.165) is 48.8 Å². The summed E-state index contributed by atoms with van der Waals surface area (Å²) in [6, 6.07) is 7.94. The minimum atomic E-state index is 0.442. The summed E-state index contributed by atoms with van der Waals surface area (Å²) >= 11 is 0. The van der Waals surface area contributed by atoms with E-state index in [9.17, 15) is 0 Å². The van der Waals surface area contributed by atoms with Gasteiger partial charge in [0.05, 0.1) is 5.69 Å². The predicted octanol–water partition coefficient (Wildman–Crippen LogP) is 1.59. The van der Waals surface area contributed by atoms with E-state index in [1.54, 1.807) is 0 Å². The van der Waals surface area contributed by atoms with Gasteiger partial charge in [0.15, 0.2) is 11.5 Å². The molecular formula is C14H16N6. The van der Waals surface area contributed by atoms with Crippen molar-refractivity contribution in [3.63, 3.8) is 0 Å². The van der Waals surface area contributed by atoms with E-state index in [1.165, 1.54) is 0 Å². The van der Waals surface area contributed by atoms with Crippen molar-refractivity contribution in [2.75, 3.05) is 13.1 Å². The Kier molecular flexibility index (Phi) is 2.74. The summed E-state index contributed by atoms with van der Waals surface area (Å²) in [4.78, 5) is 3.18. The van der Waals surface area contributed by atoms with E-state index in [4.69, 9.17) is 5.10 Å². The molecule has 0 saturated carbocycles. The van der Waals surface area contributed by atoms with Gasteiger partial charge in [0.25, 0.3) is 0 Å². The van der Waals surface area contributed by atoms with Gasteiger partial charge in [0.1, 0.15) is 5.69 Å². The minimum Gasteiger partial charge on any atom is -0.360 e. The molecule has 0 amide bonds. The highest BCUT2D eigenvalue weighted by Crippen LogP contribution is 2.24. The van der Waals surface area contributed by atoms with Crippen LogP contribution in [0.4, 0.5) is 0 Å². The molecule has 3 aromatic rings. The summed E-state index contributed by atoms with van der Waals surface area (Å²) in [6.07, 6.45) is 4.09. The molecule has 2 N–H and O–H groups in total. The second kappa shape index (κ2) is 4.72. The monoisotopic (exact) mass is 268 g/mol. The molecular weight excluding hydrogens is 252 g/mol. The Balaban J connectivity index is 1.79. The van der Waals surface area contributed by atoms with Gasteiger partial charge in [-0.15, -0.1) is 10.2 Å². The van der Waals surface area contributed by atoms with Gasteiger partial charge in [0, 0.05) is 12.1 Å². The highest BCUT2D eigenvalue weighted by Gasteiger charge is 2.21. The zero-order valence-electron chi connectivity index (χ0n) is 11.1. The second-order valence-electron chi connectivity index (χ2n) is 5.15. The van der Waals surface area contributed by atoms with Crippen LogP contribution in [-0.4, -0.2) is 37.9 Å². The third-order valence-corrected chi connectivity index (χ3v) is 3.87. The largest absolute Gasteiger partial charge is 0.360 e. The van der Waals surface area contributed by atoms with Crippen molar-refractivity contribution < 1.29 is 0 Å². The first-order chi connectivity index (χ1) is 9.92. The van der Waals surface area contributed by atoms with E-state index in [1.807, 2.05) is 35.0 Å². The quantitative estimate of drug-likeness (QED) is 0.740. The lowest BCUT2D eigenvalue weighted by atomic mass is 9.97. The number of H-pyrrole nitrogens is 1. The van der Waals surface area contributed by atoms with Crippen molar-refractivity contribution in [1.29, 1.82) is 0 Å². The summed E-state index contributed by atoms with van der Waals surface area (Å²) in [5, 5.41) is 16.7. The molecule has 6 nitrogen and oxygen atoms in total. The Morgan fingerprint density at radius 3 is 2.80 bits per heavy atom. The van der Waals surface area contributed by atoms with Crippen LogP contribution in [0.2, 0.25) is 0 Å². The highest BCUT2D eigenvalue weighted by molar-refractivity contribution is 5.55. The Bertz CT molecular complexity index is 708. The number of aromatic nitrogens is 5. The van der Waals surface area contributed by atoms with Crippen molar-refractivity contribution >= 4 is 5.65 Å². The normalized spacial score (nSPS) is 16.8. The summed E-state index contributed by atoms with van der Waals surface area (Å²) < 4.78 is 1.90. The maximum Gasteiger partial charge on any atom is 0.177 e. The molecule has 0 aliphatic carbocycles. The number of hydrogen-bond acceptors (Lipinski definition) is 4. The maximum absolute atomic E-state index is 4.69. The standard InChI is InChI=1S/C14H16N6/c1-2-11(16-7-1)12-3-4-13-17-18-14(20(13)19-12)10-5-8-15-9-6-10/h1-4,7,10,15-16H,5-6,8-9H2. The second-order valence-corrected chi connectivity index (χ2v) is 5.15. The molecule has 3 aromatic heterocycles. The lowest BCUT2D eigenvalue weighted by Gasteiger charge is -2.20. The fraction of sp³-hybridized carbons (Fsp3) is 0.357. The van der Waals surface area contributed by atoms with Crippen molar-refractivity contribution in [1.82, 2.24) is 30.1 Å². The predicted molar refractivity (Wildman–Crippen MR) is 75.4 cm³/mol. The molecule has 0 spiro atoms. The van der Waals surface area contributed by atoms with Crippen LogP contribution in [-0.2, 0) is 0 Å². The van der Waals surface area contributed by atoms with E-state index in [-0.39, 0.29) is 0 Å². The van der Waals surface area contributed by atoms with Crippen LogP contribution in [0.15, 0.2) is 30.5 Å². The van der Waals surface area contributed by atoms with Crippen LogP contribution in [0.25, 0.3) is 17.0 Å². The third kappa shape index (κ3) is 1.89. The van der Waals surface area contributed by atoms with Gasteiger partial charge in [-0.3, -0.25) is 0 Å². The van der Waals surface area contributed by atoms with Crippen molar-refractivity contribution in [3.05, 3.63) is 36.3 Å². The first kappa shape index (κ1) is 11.6. The lowest BCUT2D eigenvalue weighted by Crippen LogP contribution is -2.27. The first-order valence-corrected chi connectivity index (χ1v) is 6.99. The number of piperidine rings is 1. The topological polar surface area (TPSA) is 70.9 Å². The third-order valence-electron chi connectivity index (χ3n) is 3.87. The average molecular weight is 268 g/mol. The molecule has 0 radical (unpaired) electrons. The molecule has 1 saturated heterocycles. The van der Waals surface area contributed by atoms with E-state index in [2.05, 4.69) is 20.5 Å². The van der Waals surface area contributed by atoms with Crippen LogP contribution < -0.4 is 5.32 Å². The minimum absolute atomic E-state index is 0.442. The number of aromatic amines is 1. The van der Waals surface area contributed by atoms with Crippen molar-refractivity contribution in [3.8, 4) is 11.4 Å². The van der Waals surface area contributed by atoms with E-state index >= 15 is 0 Å². The highest BCUT2D eigenvalue weighted by atomic mass is 15.4. The molecule has 1 aliphatic rings. The Labute approximate surface area is 116 Å². The number of nitrogens with zero attached hydrogens (tertiary/aromatic N) is 4. The molecule has 1 aliphatic heterocycles. The van der Waals surface area contributed by atoms with Gasteiger partial charge in [-0.05, 0) is 50.2 Å². The van der Waals surface area contributed by atoms with Gasteiger partial charge in [0.2, 0.25) is 0 Å². The summed E-state index contributed by atoms with van der Waals surface area (Å²) in [6.45, 7) is 2.08. The summed E-state index contributed by atoms with van der Waals surface area (Å²) in [5.41, 5.74) is 2.74. The number of nitrogens with one attached hydrogen (secondary N) is 2. The molecule has 4 heterocycles. The van der Waals surface area contributed by atoms with Gasteiger partial charge >= 0.3 is 0 Å². The molecule has 0 bridgehead atoms. The van der Waals surface area contributed by atoms with Crippen LogP contribution in [0.1, 0.15) is 24.6 Å². The number of hydrogen-bond donors (Lipinski definition) is 2. The summed E-state index contributed by atoms with van der Waals surface area (Å²) in [7, 11) is 0. The Morgan fingerprint density at radius 2 is 2.00 bits per heavy atom. The van der Waals surface area contributed by atoms with Gasteiger partial charge in [-0.1, -0.05) is 0 Å². The molecule has 102 valence electrons. The smallest absolute Gasteiger partial charge is 0.177 e. The Hall–Kier alpha value is -2.21. The van der Waals surface area contributed by atoms with Crippen LogP contribution in [0.5, 0.6) is 0 Å². The van der Waals surface area contributed by atoms with E-state index in [0.29, 0.717) is 5.92 Å². The molecule has 20 heavy (non-hydrogen) atoms. The number of rotatable bonds is 2. The molecule has 0 unspecified atom stereocenters. The molecule has 0 atom stereocenters. The van der Waals surface area contributed by atoms with Crippen molar-refractivity contribution in [2.24, 2.45) is 0 Å². The molecule has 6 heteroatoms.